The summed E-state index contributed by atoms with van der Waals surface area (Å²) in [6, 6.07) is 8.33. The molecule has 23 heavy (non-hydrogen) atoms. The van der Waals surface area contributed by atoms with E-state index in [-0.39, 0.29) is 19.0 Å². The molecular formula is C17H25N3O3. The van der Waals surface area contributed by atoms with E-state index in [2.05, 4.69) is 28.4 Å². The summed E-state index contributed by atoms with van der Waals surface area (Å²) in [7, 11) is 0. The van der Waals surface area contributed by atoms with Crippen LogP contribution >= 0.6 is 0 Å². The Morgan fingerprint density at radius 2 is 2.09 bits per heavy atom. The monoisotopic (exact) mass is 319 g/mol. The smallest absolute Gasteiger partial charge is 0.317 e. The van der Waals surface area contributed by atoms with Gasteiger partial charge in [0.1, 0.15) is 0 Å². The van der Waals surface area contributed by atoms with Gasteiger partial charge < -0.3 is 15.3 Å². The van der Waals surface area contributed by atoms with Crippen molar-refractivity contribution in [2.24, 2.45) is 0 Å². The highest BCUT2D eigenvalue weighted by Gasteiger charge is 2.18. The van der Waals surface area contributed by atoms with Crippen LogP contribution < -0.4 is 10.2 Å². The fourth-order valence-electron chi connectivity index (χ4n) is 2.95. The second-order valence-corrected chi connectivity index (χ2v) is 5.82. The van der Waals surface area contributed by atoms with Crippen LogP contribution in [0.25, 0.3) is 0 Å². The van der Waals surface area contributed by atoms with E-state index in [1.807, 2.05) is 13.0 Å². The number of rotatable bonds is 9. The van der Waals surface area contributed by atoms with E-state index < -0.39 is 5.97 Å². The minimum absolute atomic E-state index is 0.0965. The lowest BCUT2D eigenvalue weighted by Crippen LogP contribution is -2.42. The maximum absolute atomic E-state index is 12.0. The van der Waals surface area contributed by atoms with E-state index in [1.54, 1.807) is 4.90 Å². The molecular weight excluding hydrogens is 294 g/mol. The molecule has 0 aromatic heterocycles. The van der Waals surface area contributed by atoms with E-state index in [0.717, 1.165) is 25.9 Å². The molecule has 0 aliphatic carbocycles. The minimum atomic E-state index is -0.903. The van der Waals surface area contributed by atoms with Crippen molar-refractivity contribution in [2.75, 3.05) is 44.2 Å². The molecule has 2 rings (SSSR count). The number of aliphatic carboxylic acids is 1. The quantitative estimate of drug-likeness (QED) is 0.709. The van der Waals surface area contributed by atoms with Crippen LogP contribution in [0.15, 0.2) is 24.3 Å². The predicted molar refractivity (Wildman–Crippen MR) is 89.7 cm³/mol. The number of fused-ring (bicyclic) bond motifs is 1. The third kappa shape index (κ3) is 5.25. The van der Waals surface area contributed by atoms with Gasteiger partial charge in [-0.05, 0) is 31.0 Å². The van der Waals surface area contributed by atoms with Gasteiger partial charge in [0, 0.05) is 25.3 Å². The van der Waals surface area contributed by atoms with Gasteiger partial charge in [0.2, 0.25) is 5.91 Å². The van der Waals surface area contributed by atoms with Gasteiger partial charge in [-0.2, -0.15) is 0 Å². The average Bonchev–Trinajstić information content (AvgIpc) is 2.90. The molecule has 6 nitrogen and oxygen atoms in total. The molecule has 0 radical (unpaired) electrons. The molecule has 2 N–H and O–H groups in total. The molecule has 1 aromatic carbocycles. The van der Waals surface area contributed by atoms with Gasteiger partial charge in [-0.1, -0.05) is 25.1 Å². The molecule has 0 atom stereocenters. The first-order valence-electron chi connectivity index (χ1n) is 8.14. The summed E-state index contributed by atoms with van der Waals surface area (Å²) in [6.45, 7) is 4.94. The standard InChI is InChI=1S/C17H25N3O3/c1-2-9-19(13-17(22)23)12-16(21)18-8-11-20-10-7-14-5-3-4-6-15(14)20/h3-6H,2,7-13H2,1H3,(H,18,21)(H,22,23). The maximum atomic E-state index is 12.0. The number of carboxylic acids is 1. The molecule has 0 fully saturated rings. The Balaban J connectivity index is 1.73. The highest BCUT2D eigenvalue weighted by molar-refractivity contribution is 5.79. The van der Waals surface area contributed by atoms with Crippen molar-refractivity contribution >= 4 is 17.6 Å². The van der Waals surface area contributed by atoms with Crippen molar-refractivity contribution in [3.05, 3.63) is 29.8 Å². The number of para-hydroxylation sites is 1. The van der Waals surface area contributed by atoms with E-state index in [0.29, 0.717) is 13.1 Å². The van der Waals surface area contributed by atoms with Gasteiger partial charge in [-0.25, -0.2) is 0 Å². The first-order chi connectivity index (χ1) is 11.1. The number of carbonyl (C=O) groups is 2. The summed E-state index contributed by atoms with van der Waals surface area (Å²) in [4.78, 5) is 26.7. The molecule has 126 valence electrons. The lowest BCUT2D eigenvalue weighted by molar-refractivity contribution is -0.138. The summed E-state index contributed by atoms with van der Waals surface area (Å²) in [5.74, 6) is -1.02. The van der Waals surface area contributed by atoms with E-state index in [9.17, 15) is 9.59 Å². The van der Waals surface area contributed by atoms with Gasteiger partial charge in [-0.15, -0.1) is 0 Å². The first kappa shape index (κ1) is 17.3. The topological polar surface area (TPSA) is 72.9 Å². The van der Waals surface area contributed by atoms with Crippen molar-refractivity contribution in [3.8, 4) is 0 Å². The SMILES string of the molecule is CCCN(CC(=O)O)CC(=O)NCCN1CCc2ccccc21. The number of carbonyl (C=O) groups excluding carboxylic acids is 1. The summed E-state index contributed by atoms with van der Waals surface area (Å²) in [6.07, 6.45) is 1.87. The Kier molecular flexibility index (Phi) is 6.40. The van der Waals surface area contributed by atoms with Crippen LogP contribution in [-0.2, 0) is 16.0 Å². The van der Waals surface area contributed by atoms with Crippen LogP contribution in [0.4, 0.5) is 5.69 Å². The number of carboxylic acid groups (broad SMARTS) is 1. The largest absolute Gasteiger partial charge is 0.480 e. The van der Waals surface area contributed by atoms with Crippen molar-refractivity contribution in [1.82, 2.24) is 10.2 Å². The highest BCUT2D eigenvalue weighted by atomic mass is 16.4. The molecule has 0 unspecified atom stereocenters. The molecule has 1 aromatic rings. The van der Waals surface area contributed by atoms with Crippen molar-refractivity contribution in [3.63, 3.8) is 0 Å². The van der Waals surface area contributed by atoms with Gasteiger partial charge >= 0.3 is 5.97 Å². The van der Waals surface area contributed by atoms with Crippen molar-refractivity contribution < 1.29 is 14.7 Å². The number of hydrogen-bond acceptors (Lipinski definition) is 4. The number of hydrogen-bond donors (Lipinski definition) is 2. The summed E-state index contributed by atoms with van der Waals surface area (Å²) in [5.41, 5.74) is 2.61. The fraction of sp³-hybridized carbons (Fsp3) is 0.529. The first-order valence-corrected chi connectivity index (χ1v) is 8.14. The zero-order chi connectivity index (χ0) is 16.7. The third-order valence-electron chi connectivity index (χ3n) is 3.95. The second kappa shape index (κ2) is 8.53. The van der Waals surface area contributed by atoms with Crippen LogP contribution in [0.3, 0.4) is 0 Å². The molecule has 0 bridgehead atoms. The Morgan fingerprint density at radius 3 is 2.83 bits per heavy atom. The minimum Gasteiger partial charge on any atom is -0.480 e. The zero-order valence-electron chi connectivity index (χ0n) is 13.6. The number of nitrogens with zero attached hydrogens (tertiary/aromatic N) is 2. The normalized spacial score (nSPS) is 13.2. The van der Waals surface area contributed by atoms with E-state index in [4.69, 9.17) is 5.11 Å². The van der Waals surface area contributed by atoms with Crippen LogP contribution in [-0.4, -0.2) is 61.2 Å². The van der Waals surface area contributed by atoms with Crippen molar-refractivity contribution in [1.29, 1.82) is 0 Å². The Labute approximate surface area is 137 Å². The molecule has 6 heteroatoms. The second-order valence-electron chi connectivity index (χ2n) is 5.82. The molecule has 0 spiro atoms. The third-order valence-corrected chi connectivity index (χ3v) is 3.95. The maximum Gasteiger partial charge on any atom is 0.317 e. The summed E-state index contributed by atoms with van der Waals surface area (Å²) in [5, 5.41) is 11.7. The van der Waals surface area contributed by atoms with Crippen LogP contribution in [0.5, 0.6) is 0 Å². The Bertz CT molecular complexity index is 548. The molecule has 0 saturated carbocycles. The van der Waals surface area contributed by atoms with Crippen LogP contribution in [0, 0.1) is 0 Å². The average molecular weight is 319 g/mol. The van der Waals surface area contributed by atoms with Gasteiger partial charge in [0.25, 0.3) is 0 Å². The lowest BCUT2D eigenvalue weighted by Gasteiger charge is -2.21. The molecule has 1 aliphatic rings. The predicted octanol–water partition coefficient (Wildman–Crippen LogP) is 0.962. The lowest BCUT2D eigenvalue weighted by atomic mass is 10.2. The van der Waals surface area contributed by atoms with Crippen LogP contribution in [0.1, 0.15) is 18.9 Å². The number of nitrogens with one attached hydrogen (secondary N) is 1. The number of benzene rings is 1. The Morgan fingerprint density at radius 1 is 1.30 bits per heavy atom. The fourth-order valence-corrected chi connectivity index (χ4v) is 2.95. The van der Waals surface area contributed by atoms with E-state index in [1.165, 1.54) is 11.3 Å². The number of anilines is 1. The molecule has 1 aliphatic heterocycles. The molecule has 1 heterocycles. The van der Waals surface area contributed by atoms with Gasteiger partial charge in [-0.3, -0.25) is 14.5 Å². The zero-order valence-corrected chi connectivity index (χ0v) is 13.6. The number of amides is 1. The van der Waals surface area contributed by atoms with Crippen molar-refractivity contribution in [2.45, 2.75) is 19.8 Å². The van der Waals surface area contributed by atoms with Gasteiger partial charge in [0.15, 0.2) is 0 Å². The van der Waals surface area contributed by atoms with Gasteiger partial charge in [0.05, 0.1) is 13.1 Å². The summed E-state index contributed by atoms with van der Waals surface area (Å²) >= 11 is 0. The molecule has 0 saturated heterocycles. The highest BCUT2D eigenvalue weighted by Crippen LogP contribution is 2.26. The van der Waals surface area contributed by atoms with Crippen LogP contribution in [0.2, 0.25) is 0 Å². The van der Waals surface area contributed by atoms with E-state index >= 15 is 0 Å². The summed E-state index contributed by atoms with van der Waals surface area (Å²) < 4.78 is 0. The Hall–Kier alpha value is -2.08. The molecule has 1 amide bonds.